The lowest BCUT2D eigenvalue weighted by Crippen LogP contribution is -2.51. The molecule has 0 spiro atoms. The highest BCUT2D eigenvalue weighted by atomic mass is 19.1. The number of hydrazine groups is 1. The topological polar surface area (TPSA) is 97.6 Å². The molecule has 2 aliphatic heterocycles. The average Bonchev–Trinajstić information content (AvgIpc) is 3.17. The highest BCUT2D eigenvalue weighted by Gasteiger charge is 2.35. The lowest BCUT2D eigenvalue weighted by atomic mass is 9.88. The van der Waals surface area contributed by atoms with Gasteiger partial charge in [0, 0.05) is 45.3 Å². The van der Waals surface area contributed by atoms with Gasteiger partial charge in [-0.3, -0.25) is 9.85 Å². The first-order valence-corrected chi connectivity index (χ1v) is 13.1. The number of likely N-dealkylation sites (tertiary alicyclic amines) is 1. The number of piperidine rings is 1. The van der Waals surface area contributed by atoms with Crippen LogP contribution in [0, 0.1) is 17.7 Å². The molecule has 1 aromatic carbocycles. The third-order valence-corrected chi connectivity index (χ3v) is 7.00. The highest BCUT2D eigenvalue weighted by molar-refractivity contribution is 5.73. The van der Waals surface area contributed by atoms with E-state index in [-0.39, 0.29) is 18.5 Å². The molecule has 2 aliphatic rings. The van der Waals surface area contributed by atoms with Crippen LogP contribution in [0.3, 0.4) is 0 Å². The molecule has 0 saturated carbocycles. The average molecular weight is 509 g/mol. The predicted octanol–water partition coefficient (Wildman–Crippen LogP) is 4.49. The van der Waals surface area contributed by atoms with Gasteiger partial charge in [0.2, 0.25) is 0 Å². The van der Waals surface area contributed by atoms with Gasteiger partial charge in [-0.15, -0.1) is 0 Å². The Morgan fingerprint density at radius 3 is 2.86 bits per heavy atom. The van der Waals surface area contributed by atoms with Crippen molar-refractivity contribution < 1.29 is 28.3 Å². The van der Waals surface area contributed by atoms with E-state index in [1.807, 2.05) is 0 Å². The van der Waals surface area contributed by atoms with Gasteiger partial charge in [-0.25, -0.2) is 19.8 Å². The molecule has 0 bridgehead atoms. The summed E-state index contributed by atoms with van der Waals surface area (Å²) in [5.41, 5.74) is 0.604. The Kier molecular flexibility index (Phi) is 11.2. The SMILES string of the molecule is CCN(O[C@@H](c1cccc(F)c1)C1CCCN(C(=O)N(N)CCCC2CCCCOC2)C1)C(=O)OC. The van der Waals surface area contributed by atoms with Crippen molar-refractivity contribution in [2.75, 3.05) is 46.5 Å². The van der Waals surface area contributed by atoms with Gasteiger partial charge in [0.25, 0.3) is 0 Å². The lowest BCUT2D eigenvalue weighted by molar-refractivity contribution is -0.193. The fourth-order valence-corrected chi connectivity index (χ4v) is 5.04. The Bertz CT molecular complexity index is 836. The number of hydrogen-bond donors (Lipinski definition) is 1. The number of hydrogen-bond acceptors (Lipinski definition) is 6. The number of nitrogens with two attached hydrogens (primary N) is 1. The molecule has 1 aromatic rings. The Hall–Kier alpha value is -2.43. The molecule has 0 aliphatic carbocycles. The number of methoxy groups -OCH3 is 1. The maximum absolute atomic E-state index is 14.1. The quantitative estimate of drug-likeness (QED) is 0.300. The van der Waals surface area contributed by atoms with Crippen LogP contribution in [0.2, 0.25) is 0 Å². The number of benzene rings is 1. The molecule has 3 amide bonds. The molecular weight excluding hydrogens is 467 g/mol. The Balaban J connectivity index is 1.63. The van der Waals surface area contributed by atoms with E-state index in [1.165, 1.54) is 30.7 Å². The van der Waals surface area contributed by atoms with E-state index in [2.05, 4.69) is 0 Å². The summed E-state index contributed by atoms with van der Waals surface area (Å²) < 4.78 is 24.5. The Morgan fingerprint density at radius 1 is 1.28 bits per heavy atom. The molecule has 0 aromatic heterocycles. The van der Waals surface area contributed by atoms with Crippen LogP contribution in [-0.2, 0) is 14.3 Å². The van der Waals surface area contributed by atoms with E-state index in [4.69, 9.17) is 20.2 Å². The monoisotopic (exact) mass is 508 g/mol. The van der Waals surface area contributed by atoms with E-state index in [9.17, 15) is 14.0 Å². The molecule has 3 atom stereocenters. The summed E-state index contributed by atoms with van der Waals surface area (Å²) in [6.45, 7) is 5.11. The molecule has 2 N–H and O–H groups in total. The van der Waals surface area contributed by atoms with Crippen LogP contribution in [-0.4, -0.2) is 73.6 Å². The standard InChI is InChI=1S/C26H41FN4O5/c1-3-31(26(33)34-2)36-24(21-11-6-13-23(27)17-21)22-12-8-14-29(18-22)25(32)30(28)15-7-10-20-9-4-5-16-35-19-20/h6,11,13,17,20,22,24H,3-5,7-10,12,14-16,18-19,28H2,1-2H3/t20?,22?,24-/m0/s1. The lowest BCUT2D eigenvalue weighted by Gasteiger charge is -2.39. The summed E-state index contributed by atoms with van der Waals surface area (Å²) in [6.07, 6.45) is 5.53. The number of ether oxygens (including phenoxy) is 2. The van der Waals surface area contributed by atoms with Gasteiger partial charge >= 0.3 is 12.1 Å². The number of rotatable bonds is 9. The number of halogens is 1. The van der Waals surface area contributed by atoms with Gasteiger partial charge in [0.15, 0.2) is 0 Å². The van der Waals surface area contributed by atoms with Gasteiger partial charge in [-0.1, -0.05) is 18.6 Å². The van der Waals surface area contributed by atoms with E-state index in [0.29, 0.717) is 31.1 Å². The van der Waals surface area contributed by atoms with E-state index in [0.717, 1.165) is 56.8 Å². The molecule has 9 nitrogen and oxygen atoms in total. The van der Waals surface area contributed by atoms with Gasteiger partial charge < -0.3 is 14.4 Å². The first-order chi connectivity index (χ1) is 17.4. The fraction of sp³-hybridized carbons (Fsp3) is 0.692. The number of hydroxylamine groups is 2. The molecule has 0 radical (unpaired) electrons. The molecule has 10 heteroatoms. The number of carbonyl (C=O) groups excluding carboxylic acids is 2. The maximum Gasteiger partial charge on any atom is 0.433 e. The molecule has 2 heterocycles. The van der Waals surface area contributed by atoms with Gasteiger partial charge in [-0.05, 0) is 69.1 Å². The van der Waals surface area contributed by atoms with Crippen LogP contribution in [0.1, 0.15) is 63.5 Å². The molecule has 2 fully saturated rings. The second kappa shape index (κ2) is 14.3. The summed E-state index contributed by atoms with van der Waals surface area (Å²) >= 11 is 0. The number of amides is 3. The smallest absolute Gasteiger partial charge is 0.433 e. The van der Waals surface area contributed by atoms with E-state index >= 15 is 0 Å². The third kappa shape index (κ3) is 8.04. The first-order valence-electron chi connectivity index (χ1n) is 13.1. The predicted molar refractivity (Wildman–Crippen MR) is 133 cm³/mol. The maximum atomic E-state index is 14.1. The zero-order valence-electron chi connectivity index (χ0n) is 21.6. The van der Waals surface area contributed by atoms with Crippen LogP contribution < -0.4 is 5.84 Å². The number of nitrogens with zero attached hydrogens (tertiary/aromatic N) is 3. The second-order valence-corrected chi connectivity index (χ2v) is 9.65. The second-order valence-electron chi connectivity index (χ2n) is 9.65. The summed E-state index contributed by atoms with van der Waals surface area (Å²) in [5, 5.41) is 2.42. The summed E-state index contributed by atoms with van der Waals surface area (Å²) in [6, 6.07) is 5.93. The van der Waals surface area contributed by atoms with Gasteiger partial charge in [0.1, 0.15) is 11.9 Å². The first kappa shape index (κ1) is 28.1. The van der Waals surface area contributed by atoms with Crippen LogP contribution in [0.15, 0.2) is 24.3 Å². The highest BCUT2D eigenvalue weighted by Crippen LogP contribution is 2.34. The van der Waals surface area contributed by atoms with Crippen molar-refractivity contribution in [2.24, 2.45) is 17.7 Å². The molecule has 2 saturated heterocycles. The zero-order valence-corrected chi connectivity index (χ0v) is 21.6. The van der Waals surface area contributed by atoms with Crippen LogP contribution in [0.4, 0.5) is 14.0 Å². The zero-order chi connectivity index (χ0) is 25.9. The summed E-state index contributed by atoms with van der Waals surface area (Å²) in [4.78, 5) is 33.1. The molecule has 2 unspecified atom stereocenters. The third-order valence-electron chi connectivity index (χ3n) is 7.00. The fourth-order valence-electron chi connectivity index (χ4n) is 5.04. The van der Waals surface area contributed by atoms with Crippen LogP contribution >= 0.6 is 0 Å². The van der Waals surface area contributed by atoms with Crippen molar-refractivity contribution in [2.45, 2.75) is 58.0 Å². The Morgan fingerprint density at radius 2 is 2.11 bits per heavy atom. The van der Waals surface area contributed by atoms with E-state index in [1.54, 1.807) is 24.0 Å². The minimum Gasteiger partial charge on any atom is -0.451 e. The summed E-state index contributed by atoms with van der Waals surface area (Å²) in [7, 11) is 1.28. The van der Waals surface area contributed by atoms with Gasteiger partial charge in [0.05, 0.1) is 7.11 Å². The summed E-state index contributed by atoms with van der Waals surface area (Å²) in [5.74, 6) is 6.15. The van der Waals surface area contributed by atoms with Crippen molar-refractivity contribution in [1.82, 2.24) is 15.0 Å². The van der Waals surface area contributed by atoms with Crippen molar-refractivity contribution in [3.63, 3.8) is 0 Å². The largest absolute Gasteiger partial charge is 0.451 e. The molecule has 36 heavy (non-hydrogen) atoms. The van der Waals surface area contributed by atoms with Gasteiger partial charge in [-0.2, -0.15) is 5.06 Å². The van der Waals surface area contributed by atoms with Crippen LogP contribution in [0.25, 0.3) is 0 Å². The number of carbonyl (C=O) groups is 2. The molecule has 3 rings (SSSR count). The van der Waals surface area contributed by atoms with Crippen molar-refractivity contribution in [1.29, 1.82) is 0 Å². The molecular formula is C26H41FN4O5. The minimum absolute atomic E-state index is 0.153. The van der Waals surface area contributed by atoms with Crippen LogP contribution in [0.5, 0.6) is 0 Å². The normalized spacial score (nSPS) is 21.4. The minimum atomic E-state index is -0.630. The van der Waals surface area contributed by atoms with Crippen molar-refractivity contribution in [3.05, 3.63) is 35.6 Å². The van der Waals surface area contributed by atoms with E-state index < -0.39 is 18.0 Å². The Labute approximate surface area is 213 Å². The van der Waals surface area contributed by atoms with Crippen molar-refractivity contribution >= 4 is 12.1 Å². The van der Waals surface area contributed by atoms with Crippen molar-refractivity contribution in [3.8, 4) is 0 Å². The number of urea groups is 1. The molecule has 202 valence electrons.